The molecule has 1 N–H and O–H groups in total. The van der Waals surface area contributed by atoms with E-state index < -0.39 is 28.9 Å². The van der Waals surface area contributed by atoms with Gasteiger partial charge in [0.2, 0.25) is 0 Å². The summed E-state index contributed by atoms with van der Waals surface area (Å²) in [5, 5.41) is 9.41. The SMILES string of the molecule is O=C(O)C1(c2cc(C(F)(F)F)ccc2F)CCCCC1. The first-order valence-electron chi connectivity index (χ1n) is 6.38. The first-order valence-corrected chi connectivity index (χ1v) is 6.38. The lowest BCUT2D eigenvalue weighted by Gasteiger charge is -2.34. The summed E-state index contributed by atoms with van der Waals surface area (Å²) < 4.78 is 52.1. The summed E-state index contributed by atoms with van der Waals surface area (Å²) >= 11 is 0. The molecule has 0 atom stereocenters. The Kier molecular flexibility index (Phi) is 3.75. The number of carbonyl (C=O) groups is 1. The molecule has 6 heteroatoms. The molecule has 0 spiro atoms. The number of carboxylic acid groups (broad SMARTS) is 1. The lowest BCUT2D eigenvalue weighted by Crippen LogP contribution is -2.39. The van der Waals surface area contributed by atoms with E-state index in [2.05, 4.69) is 0 Å². The molecule has 0 heterocycles. The van der Waals surface area contributed by atoms with E-state index in [0.29, 0.717) is 31.0 Å². The number of rotatable bonds is 2. The molecule has 1 aliphatic carbocycles. The molecule has 0 aromatic heterocycles. The molecule has 0 saturated heterocycles. The summed E-state index contributed by atoms with van der Waals surface area (Å²) in [7, 11) is 0. The van der Waals surface area contributed by atoms with Crippen LogP contribution in [0.25, 0.3) is 0 Å². The summed E-state index contributed by atoms with van der Waals surface area (Å²) in [6, 6.07) is 1.99. The average Bonchev–Trinajstić information content (AvgIpc) is 2.38. The van der Waals surface area contributed by atoms with Crippen LogP contribution in [0.2, 0.25) is 0 Å². The van der Waals surface area contributed by atoms with Gasteiger partial charge in [0.25, 0.3) is 0 Å². The molecule has 0 unspecified atom stereocenters. The van der Waals surface area contributed by atoms with Crippen LogP contribution < -0.4 is 0 Å². The van der Waals surface area contributed by atoms with Gasteiger partial charge < -0.3 is 5.11 Å². The van der Waals surface area contributed by atoms with Crippen molar-refractivity contribution in [2.75, 3.05) is 0 Å². The first-order chi connectivity index (χ1) is 9.27. The zero-order chi connectivity index (χ0) is 15.0. The molecule has 20 heavy (non-hydrogen) atoms. The van der Waals surface area contributed by atoms with Gasteiger partial charge in [-0.2, -0.15) is 13.2 Å². The third kappa shape index (κ3) is 2.51. The lowest BCUT2D eigenvalue weighted by molar-refractivity contribution is -0.146. The van der Waals surface area contributed by atoms with Gasteiger partial charge in [-0.3, -0.25) is 4.79 Å². The lowest BCUT2D eigenvalue weighted by atomic mass is 9.69. The van der Waals surface area contributed by atoms with Crippen LogP contribution in [0.4, 0.5) is 17.6 Å². The van der Waals surface area contributed by atoms with Crippen molar-refractivity contribution >= 4 is 5.97 Å². The Hall–Kier alpha value is -1.59. The molecule has 2 nitrogen and oxygen atoms in total. The highest BCUT2D eigenvalue weighted by Crippen LogP contribution is 2.42. The van der Waals surface area contributed by atoms with Gasteiger partial charge in [0.05, 0.1) is 11.0 Å². The van der Waals surface area contributed by atoms with Crippen molar-refractivity contribution in [2.24, 2.45) is 0 Å². The molecule has 1 aromatic rings. The van der Waals surface area contributed by atoms with Crippen LogP contribution in [-0.4, -0.2) is 11.1 Å². The minimum atomic E-state index is -4.61. The topological polar surface area (TPSA) is 37.3 Å². The summed E-state index contributed by atoms with van der Waals surface area (Å²) in [5.41, 5.74) is -2.90. The monoisotopic (exact) mass is 290 g/mol. The average molecular weight is 290 g/mol. The van der Waals surface area contributed by atoms with E-state index in [1.165, 1.54) is 0 Å². The molecule has 1 saturated carbocycles. The maximum Gasteiger partial charge on any atom is 0.416 e. The fraction of sp³-hybridized carbons (Fsp3) is 0.500. The number of alkyl halides is 3. The van der Waals surface area contributed by atoms with Crippen LogP contribution in [0, 0.1) is 5.82 Å². The van der Waals surface area contributed by atoms with Crippen molar-refractivity contribution in [1.29, 1.82) is 0 Å². The van der Waals surface area contributed by atoms with E-state index >= 15 is 0 Å². The van der Waals surface area contributed by atoms with E-state index in [9.17, 15) is 27.5 Å². The van der Waals surface area contributed by atoms with Gasteiger partial charge in [0.1, 0.15) is 5.82 Å². The van der Waals surface area contributed by atoms with Crippen LogP contribution in [0.3, 0.4) is 0 Å². The van der Waals surface area contributed by atoms with Crippen LogP contribution in [-0.2, 0) is 16.4 Å². The summed E-state index contributed by atoms with van der Waals surface area (Å²) in [6.07, 6.45) is -2.32. The summed E-state index contributed by atoms with van der Waals surface area (Å²) in [6.45, 7) is 0. The Balaban J connectivity index is 2.56. The molecular formula is C14H14F4O2. The number of halogens is 4. The predicted molar refractivity (Wildman–Crippen MR) is 63.8 cm³/mol. The number of hydrogen-bond donors (Lipinski definition) is 1. The minimum absolute atomic E-state index is 0.167. The highest BCUT2D eigenvalue weighted by Gasteiger charge is 2.44. The van der Waals surface area contributed by atoms with E-state index in [0.717, 1.165) is 6.42 Å². The molecule has 110 valence electrons. The van der Waals surface area contributed by atoms with Crippen molar-refractivity contribution in [3.8, 4) is 0 Å². The Morgan fingerprint density at radius 1 is 1.15 bits per heavy atom. The molecule has 0 aliphatic heterocycles. The quantitative estimate of drug-likeness (QED) is 0.831. The number of benzene rings is 1. The highest BCUT2D eigenvalue weighted by atomic mass is 19.4. The van der Waals surface area contributed by atoms with E-state index in [4.69, 9.17) is 0 Å². The highest BCUT2D eigenvalue weighted by molar-refractivity contribution is 5.81. The van der Waals surface area contributed by atoms with Crippen LogP contribution in [0.5, 0.6) is 0 Å². The van der Waals surface area contributed by atoms with Gasteiger partial charge in [0.15, 0.2) is 0 Å². The van der Waals surface area contributed by atoms with Gasteiger partial charge in [-0.05, 0) is 31.0 Å². The Labute approximate surface area is 113 Å². The fourth-order valence-corrected chi connectivity index (χ4v) is 2.82. The van der Waals surface area contributed by atoms with E-state index in [-0.39, 0.29) is 18.4 Å². The summed E-state index contributed by atoms with van der Waals surface area (Å²) in [4.78, 5) is 11.5. The number of hydrogen-bond acceptors (Lipinski definition) is 1. The maximum absolute atomic E-state index is 13.9. The first kappa shape index (κ1) is 14.8. The van der Waals surface area contributed by atoms with E-state index in [1.807, 2.05) is 0 Å². The van der Waals surface area contributed by atoms with Crippen LogP contribution in [0.15, 0.2) is 18.2 Å². The number of carboxylic acids is 1. The van der Waals surface area contributed by atoms with Crippen molar-refractivity contribution in [3.05, 3.63) is 35.1 Å². The van der Waals surface area contributed by atoms with Crippen molar-refractivity contribution < 1.29 is 27.5 Å². The van der Waals surface area contributed by atoms with Crippen LogP contribution >= 0.6 is 0 Å². The van der Waals surface area contributed by atoms with Crippen molar-refractivity contribution in [2.45, 2.75) is 43.7 Å². The Morgan fingerprint density at radius 2 is 1.75 bits per heavy atom. The van der Waals surface area contributed by atoms with Crippen LogP contribution in [0.1, 0.15) is 43.2 Å². The predicted octanol–water partition coefficient (Wildman–Crippen LogP) is 4.13. The second-order valence-electron chi connectivity index (χ2n) is 5.14. The normalized spacial score (nSPS) is 18.8. The molecule has 0 radical (unpaired) electrons. The maximum atomic E-state index is 13.9. The smallest absolute Gasteiger partial charge is 0.416 e. The second kappa shape index (κ2) is 5.07. The molecule has 1 aliphatic rings. The van der Waals surface area contributed by atoms with Crippen molar-refractivity contribution in [1.82, 2.24) is 0 Å². The molecule has 2 rings (SSSR count). The molecule has 1 aromatic carbocycles. The largest absolute Gasteiger partial charge is 0.481 e. The zero-order valence-electron chi connectivity index (χ0n) is 10.6. The third-order valence-electron chi connectivity index (χ3n) is 3.93. The van der Waals surface area contributed by atoms with Gasteiger partial charge in [-0.25, -0.2) is 4.39 Å². The molecule has 0 bridgehead atoms. The molecule has 1 fully saturated rings. The zero-order valence-corrected chi connectivity index (χ0v) is 10.6. The molecular weight excluding hydrogens is 276 g/mol. The fourth-order valence-electron chi connectivity index (χ4n) is 2.82. The Bertz CT molecular complexity index is 516. The number of aliphatic carboxylic acids is 1. The summed E-state index contributed by atoms with van der Waals surface area (Å²) in [5.74, 6) is -2.14. The second-order valence-corrected chi connectivity index (χ2v) is 5.14. The van der Waals surface area contributed by atoms with Gasteiger partial charge in [0, 0.05) is 5.56 Å². The van der Waals surface area contributed by atoms with Gasteiger partial charge in [-0.15, -0.1) is 0 Å². The van der Waals surface area contributed by atoms with E-state index in [1.54, 1.807) is 0 Å². The Morgan fingerprint density at radius 3 is 2.25 bits per heavy atom. The third-order valence-corrected chi connectivity index (χ3v) is 3.93. The standard InChI is InChI=1S/C14H14F4O2/c15-11-5-4-9(14(16,17)18)8-10(11)13(12(19)20)6-2-1-3-7-13/h4-5,8H,1-3,6-7H2,(H,19,20). The minimum Gasteiger partial charge on any atom is -0.481 e. The molecule has 0 amide bonds. The van der Waals surface area contributed by atoms with Gasteiger partial charge >= 0.3 is 12.1 Å². The van der Waals surface area contributed by atoms with Gasteiger partial charge in [-0.1, -0.05) is 19.3 Å². The van der Waals surface area contributed by atoms with Crippen molar-refractivity contribution in [3.63, 3.8) is 0 Å².